The fourth-order valence-electron chi connectivity index (χ4n) is 4.05. The third kappa shape index (κ3) is 3.98. The molecule has 0 bridgehead atoms. The van der Waals surface area contributed by atoms with Gasteiger partial charge in [-0.25, -0.2) is 19.3 Å². The summed E-state index contributed by atoms with van der Waals surface area (Å²) in [7, 11) is 0. The van der Waals surface area contributed by atoms with Crippen molar-refractivity contribution in [1.29, 1.82) is 0 Å². The molecular weight excluding hydrogens is 397 g/mol. The van der Waals surface area contributed by atoms with Gasteiger partial charge in [0.05, 0.1) is 29.6 Å². The minimum Gasteiger partial charge on any atom is -0.394 e. The van der Waals surface area contributed by atoms with Crippen molar-refractivity contribution in [3.63, 3.8) is 0 Å². The van der Waals surface area contributed by atoms with Crippen molar-refractivity contribution in [3.05, 3.63) is 59.9 Å². The Morgan fingerprint density at radius 1 is 1.23 bits per heavy atom. The summed E-state index contributed by atoms with van der Waals surface area (Å²) in [5, 5.41) is 9.48. The minimum absolute atomic E-state index is 0.00966. The van der Waals surface area contributed by atoms with Crippen LogP contribution < -0.4 is 5.73 Å². The Morgan fingerprint density at radius 3 is 2.71 bits per heavy atom. The van der Waals surface area contributed by atoms with Gasteiger partial charge in [0.2, 0.25) is 0 Å². The molecule has 1 amide bonds. The zero-order valence-electron chi connectivity index (χ0n) is 17.3. The van der Waals surface area contributed by atoms with Crippen molar-refractivity contribution in [1.82, 2.24) is 19.9 Å². The van der Waals surface area contributed by atoms with Gasteiger partial charge in [-0.3, -0.25) is 4.79 Å². The Bertz CT molecular complexity index is 1100. The number of likely N-dealkylation sites (tertiary alicyclic amines) is 1. The van der Waals surface area contributed by atoms with E-state index in [1.54, 1.807) is 23.2 Å². The first kappa shape index (κ1) is 20.9. The van der Waals surface area contributed by atoms with Crippen molar-refractivity contribution < 1.29 is 14.3 Å². The Morgan fingerprint density at radius 2 is 2.03 bits per heavy atom. The fourth-order valence-corrected chi connectivity index (χ4v) is 4.05. The molecule has 0 unspecified atom stereocenters. The van der Waals surface area contributed by atoms with Crippen LogP contribution in [-0.2, 0) is 6.42 Å². The van der Waals surface area contributed by atoms with Gasteiger partial charge in [0.1, 0.15) is 18.0 Å². The molecule has 3 heterocycles. The highest BCUT2D eigenvalue weighted by molar-refractivity contribution is 5.95. The number of halogens is 1. The van der Waals surface area contributed by atoms with E-state index < -0.39 is 11.7 Å². The molecule has 1 saturated heterocycles. The first-order valence-corrected chi connectivity index (χ1v) is 10.3. The molecule has 0 saturated carbocycles. The van der Waals surface area contributed by atoms with Crippen LogP contribution in [0.2, 0.25) is 0 Å². The Labute approximate surface area is 179 Å². The SMILES string of the molecule is CCc1ncnc(-c2ccc(C(=O)N3CCC[C@H]3CO)c(F)c2)c1-c1ccc(N)nc1. The number of hydrogen-bond donors (Lipinski definition) is 2. The number of nitrogen functional groups attached to an aromatic ring is 1. The number of aromatic nitrogens is 3. The van der Waals surface area contributed by atoms with E-state index in [4.69, 9.17) is 5.73 Å². The topological polar surface area (TPSA) is 105 Å². The molecular formula is C23H24FN5O2. The van der Waals surface area contributed by atoms with Gasteiger partial charge < -0.3 is 15.7 Å². The molecule has 31 heavy (non-hydrogen) atoms. The maximum Gasteiger partial charge on any atom is 0.257 e. The molecule has 1 atom stereocenters. The molecule has 3 N–H and O–H groups in total. The molecule has 160 valence electrons. The number of rotatable bonds is 5. The maximum atomic E-state index is 15.1. The second kappa shape index (κ2) is 8.77. The van der Waals surface area contributed by atoms with Crippen LogP contribution in [0.3, 0.4) is 0 Å². The van der Waals surface area contributed by atoms with Crippen LogP contribution in [0.5, 0.6) is 0 Å². The number of hydrogen-bond acceptors (Lipinski definition) is 6. The van der Waals surface area contributed by atoms with Gasteiger partial charge in [0.15, 0.2) is 0 Å². The van der Waals surface area contributed by atoms with E-state index in [1.807, 2.05) is 13.0 Å². The van der Waals surface area contributed by atoms with E-state index >= 15 is 4.39 Å². The summed E-state index contributed by atoms with van der Waals surface area (Å²) in [5.41, 5.74) is 9.16. The normalized spacial score (nSPS) is 16.0. The van der Waals surface area contributed by atoms with Crippen LogP contribution in [0.15, 0.2) is 42.9 Å². The molecule has 0 spiro atoms. The lowest BCUT2D eigenvalue weighted by atomic mass is 9.96. The predicted molar refractivity (Wildman–Crippen MR) is 116 cm³/mol. The van der Waals surface area contributed by atoms with Crippen molar-refractivity contribution >= 4 is 11.7 Å². The molecule has 1 aromatic carbocycles. The highest BCUT2D eigenvalue weighted by atomic mass is 19.1. The van der Waals surface area contributed by atoms with Gasteiger partial charge in [0, 0.05) is 29.4 Å². The first-order chi connectivity index (χ1) is 15.0. The molecule has 2 aromatic heterocycles. The maximum absolute atomic E-state index is 15.1. The number of aliphatic hydroxyl groups is 1. The molecule has 1 aliphatic rings. The van der Waals surface area contributed by atoms with E-state index in [0.717, 1.165) is 29.7 Å². The molecule has 0 aliphatic carbocycles. The summed E-state index contributed by atoms with van der Waals surface area (Å²) >= 11 is 0. The summed E-state index contributed by atoms with van der Waals surface area (Å²) in [5.74, 6) is -0.623. The third-order valence-corrected chi connectivity index (χ3v) is 5.66. The van der Waals surface area contributed by atoms with Crippen LogP contribution in [0.25, 0.3) is 22.4 Å². The summed E-state index contributed by atoms with van der Waals surface area (Å²) in [6.45, 7) is 2.38. The minimum atomic E-state index is -0.621. The van der Waals surface area contributed by atoms with E-state index in [-0.39, 0.29) is 18.2 Å². The number of aliphatic hydroxyl groups excluding tert-OH is 1. The largest absolute Gasteiger partial charge is 0.394 e. The molecule has 1 fully saturated rings. The summed E-state index contributed by atoms with van der Waals surface area (Å²) in [4.78, 5) is 27.3. The zero-order chi connectivity index (χ0) is 22.0. The first-order valence-electron chi connectivity index (χ1n) is 10.3. The Kier molecular flexibility index (Phi) is 5.90. The molecule has 1 aliphatic heterocycles. The molecule has 7 nitrogen and oxygen atoms in total. The predicted octanol–water partition coefficient (Wildman–Crippen LogP) is 3.09. The number of carbonyl (C=O) groups is 1. The monoisotopic (exact) mass is 421 g/mol. The summed E-state index contributed by atoms with van der Waals surface area (Å²) in [6, 6.07) is 7.77. The van der Waals surface area contributed by atoms with Crippen molar-refractivity contribution in [2.24, 2.45) is 0 Å². The number of nitrogens with two attached hydrogens (primary N) is 1. The van der Waals surface area contributed by atoms with Crippen LogP contribution in [0.4, 0.5) is 10.2 Å². The van der Waals surface area contributed by atoms with Crippen LogP contribution in [-0.4, -0.2) is 50.1 Å². The smallest absolute Gasteiger partial charge is 0.257 e. The summed E-state index contributed by atoms with van der Waals surface area (Å²) in [6.07, 6.45) is 5.28. The quantitative estimate of drug-likeness (QED) is 0.656. The number of amides is 1. The zero-order valence-corrected chi connectivity index (χ0v) is 17.3. The van der Waals surface area contributed by atoms with E-state index in [1.165, 1.54) is 18.5 Å². The standard InChI is InChI=1S/C23H24FN5O2/c1-2-19-21(15-6-8-20(25)26-11-15)22(28-13-27-19)14-5-7-17(18(24)10-14)23(31)29-9-3-4-16(29)12-30/h5-8,10-11,13,16,30H,2-4,9,12H2,1H3,(H2,25,26)/t16-/m0/s1. The Balaban J connectivity index is 1.75. The Hall–Kier alpha value is -3.39. The highest BCUT2D eigenvalue weighted by Crippen LogP contribution is 2.33. The molecule has 8 heteroatoms. The van der Waals surface area contributed by atoms with Gasteiger partial charge in [0.25, 0.3) is 5.91 Å². The lowest BCUT2D eigenvalue weighted by molar-refractivity contribution is 0.0673. The van der Waals surface area contributed by atoms with E-state index in [0.29, 0.717) is 30.0 Å². The number of carbonyl (C=O) groups excluding carboxylic acids is 1. The lowest BCUT2D eigenvalue weighted by Crippen LogP contribution is -2.38. The lowest BCUT2D eigenvalue weighted by Gasteiger charge is -2.23. The van der Waals surface area contributed by atoms with E-state index in [2.05, 4.69) is 15.0 Å². The second-order valence-electron chi connectivity index (χ2n) is 7.54. The number of anilines is 1. The fraction of sp³-hybridized carbons (Fsp3) is 0.304. The molecule has 3 aromatic rings. The van der Waals surface area contributed by atoms with Crippen LogP contribution >= 0.6 is 0 Å². The van der Waals surface area contributed by atoms with Crippen LogP contribution in [0.1, 0.15) is 35.8 Å². The highest BCUT2D eigenvalue weighted by Gasteiger charge is 2.30. The van der Waals surface area contributed by atoms with Crippen molar-refractivity contribution in [3.8, 4) is 22.4 Å². The van der Waals surface area contributed by atoms with Crippen LogP contribution in [0, 0.1) is 5.82 Å². The summed E-state index contributed by atoms with van der Waals surface area (Å²) < 4.78 is 15.1. The number of benzene rings is 1. The molecule has 0 radical (unpaired) electrons. The van der Waals surface area contributed by atoms with Gasteiger partial charge in [-0.1, -0.05) is 13.0 Å². The van der Waals surface area contributed by atoms with Gasteiger partial charge in [-0.2, -0.15) is 0 Å². The second-order valence-corrected chi connectivity index (χ2v) is 7.54. The number of nitrogens with zero attached hydrogens (tertiary/aromatic N) is 4. The van der Waals surface area contributed by atoms with Gasteiger partial charge in [-0.15, -0.1) is 0 Å². The average molecular weight is 421 g/mol. The van der Waals surface area contributed by atoms with Gasteiger partial charge in [-0.05, 0) is 43.5 Å². The van der Waals surface area contributed by atoms with Crippen molar-refractivity contribution in [2.75, 3.05) is 18.9 Å². The number of pyridine rings is 1. The average Bonchev–Trinajstić information content (AvgIpc) is 3.27. The third-order valence-electron chi connectivity index (χ3n) is 5.66. The van der Waals surface area contributed by atoms with E-state index in [9.17, 15) is 9.90 Å². The van der Waals surface area contributed by atoms with Gasteiger partial charge >= 0.3 is 0 Å². The van der Waals surface area contributed by atoms with Crippen molar-refractivity contribution in [2.45, 2.75) is 32.2 Å². The molecule has 4 rings (SSSR count). The number of aryl methyl sites for hydroxylation is 1.